The highest BCUT2D eigenvalue weighted by molar-refractivity contribution is 8.18. The van der Waals surface area contributed by atoms with Gasteiger partial charge in [0.1, 0.15) is 0 Å². The Bertz CT molecular complexity index is 1120. The number of nitrogens with one attached hydrogen (secondary N) is 2. The predicted octanol–water partition coefficient (Wildman–Crippen LogP) is 4.71. The minimum absolute atomic E-state index is 0.0634. The lowest BCUT2D eigenvalue weighted by molar-refractivity contribution is -0.115. The summed E-state index contributed by atoms with van der Waals surface area (Å²) in [4.78, 5) is 36.5. The van der Waals surface area contributed by atoms with E-state index in [1.165, 1.54) is 5.56 Å². The van der Waals surface area contributed by atoms with Gasteiger partial charge in [0.15, 0.2) is 0 Å². The van der Waals surface area contributed by atoms with Gasteiger partial charge in [0.2, 0.25) is 0 Å². The fraction of sp³-hybridized carbons (Fsp3) is 0.0870. The maximum Gasteiger partial charge on any atom is 0.290 e. The normalized spacial score (nSPS) is 14.7. The van der Waals surface area contributed by atoms with Gasteiger partial charge in [0.05, 0.1) is 4.91 Å². The quantitative estimate of drug-likeness (QED) is 0.551. The average Bonchev–Trinajstić information content (AvgIpc) is 3.35. The Morgan fingerprint density at radius 1 is 1.03 bits per heavy atom. The van der Waals surface area contributed by atoms with Crippen LogP contribution in [-0.2, 0) is 11.2 Å². The van der Waals surface area contributed by atoms with E-state index in [0.717, 1.165) is 34.2 Å². The molecule has 0 atom stereocenters. The molecule has 0 saturated carbocycles. The number of hydrogen-bond donors (Lipinski definition) is 2. The summed E-state index contributed by atoms with van der Waals surface area (Å²) < 4.78 is 0. The van der Waals surface area contributed by atoms with E-state index in [0.29, 0.717) is 17.0 Å². The molecule has 1 aromatic heterocycles. The Morgan fingerprint density at radius 3 is 2.50 bits per heavy atom. The van der Waals surface area contributed by atoms with Gasteiger partial charge in [-0.1, -0.05) is 42.5 Å². The molecule has 1 aliphatic heterocycles. The first-order valence-electron chi connectivity index (χ1n) is 9.34. The van der Waals surface area contributed by atoms with Crippen LogP contribution in [0.2, 0.25) is 0 Å². The number of benzene rings is 2. The van der Waals surface area contributed by atoms with Crippen LogP contribution in [0.5, 0.6) is 0 Å². The Balaban J connectivity index is 1.34. The number of carbonyl (C=O) groups excluding carboxylic acids is 3. The molecule has 0 spiro atoms. The lowest BCUT2D eigenvalue weighted by atomic mass is 10.1. The number of carbonyl (C=O) groups is 3. The van der Waals surface area contributed by atoms with Gasteiger partial charge in [-0.15, -0.1) is 11.3 Å². The van der Waals surface area contributed by atoms with Crippen molar-refractivity contribution < 1.29 is 14.4 Å². The van der Waals surface area contributed by atoms with Gasteiger partial charge in [-0.25, -0.2) is 0 Å². The summed E-state index contributed by atoms with van der Waals surface area (Å²) in [7, 11) is 0. The molecule has 3 amide bonds. The van der Waals surface area contributed by atoms with E-state index in [9.17, 15) is 14.4 Å². The Labute approximate surface area is 182 Å². The van der Waals surface area contributed by atoms with Gasteiger partial charge < -0.3 is 5.32 Å². The number of amides is 3. The highest BCUT2D eigenvalue weighted by atomic mass is 32.2. The summed E-state index contributed by atoms with van der Waals surface area (Å²) in [5.74, 6) is -0.414. The minimum Gasteiger partial charge on any atom is -0.352 e. The fourth-order valence-corrected chi connectivity index (χ4v) is 4.62. The van der Waals surface area contributed by atoms with Crippen molar-refractivity contribution >= 4 is 46.2 Å². The number of rotatable bonds is 6. The standard InChI is InChI=1S/C23H18N2O3S2/c26-21(18-4-2-1-3-5-18)24-11-10-16-13-19(29-14-16)17-8-6-15(7-9-17)12-20-22(27)25-23(28)30-20/h1-9,12-14H,10-11H2,(H,24,26)(H,25,27,28). The molecule has 1 saturated heterocycles. The minimum atomic E-state index is -0.351. The summed E-state index contributed by atoms with van der Waals surface area (Å²) >= 11 is 2.57. The van der Waals surface area contributed by atoms with Gasteiger partial charge in [0, 0.05) is 17.0 Å². The first-order chi connectivity index (χ1) is 14.6. The molecular formula is C23H18N2O3S2. The molecule has 2 aromatic carbocycles. The third-order valence-corrected chi connectivity index (χ3v) is 6.36. The van der Waals surface area contributed by atoms with Gasteiger partial charge >= 0.3 is 0 Å². The van der Waals surface area contributed by atoms with Crippen molar-refractivity contribution in [3.63, 3.8) is 0 Å². The fourth-order valence-electron chi connectivity index (χ4n) is 2.99. The van der Waals surface area contributed by atoms with Crippen LogP contribution in [0.3, 0.4) is 0 Å². The van der Waals surface area contributed by atoms with Crippen molar-refractivity contribution in [2.24, 2.45) is 0 Å². The van der Waals surface area contributed by atoms with E-state index in [4.69, 9.17) is 0 Å². The molecule has 2 N–H and O–H groups in total. The maximum atomic E-state index is 12.1. The van der Waals surface area contributed by atoms with Crippen molar-refractivity contribution in [2.45, 2.75) is 6.42 Å². The van der Waals surface area contributed by atoms with Crippen LogP contribution in [0.1, 0.15) is 21.5 Å². The largest absolute Gasteiger partial charge is 0.352 e. The summed E-state index contributed by atoms with van der Waals surface area (Å²) in [5.41, 5.74) is 3.79. The van der Waals surface area contributed by atoms with E-state index in [1.54, 1.807) is 29.5 Å². The third kappa shape index (κ3) is 4.87. The average molecular weight is 435 g/mol. The van der Waals surface area contributed by atoms with Crippen LogP contribution in [0.15, 0.2) is 70.9 Å². The first kappa shape index (κ1) is 20.1. The zero-order valence-corrected chi connectivity index (χ0v) is 17.5. The van der Waals surface area contributed by atoms with E-state index in [2.05, 4.69) is 22.1 Å². The summed E-state index contributed by atoms with van der Waals surface area (Å²) in [5, 5.41) is 6.96. The lowest BCUT2D eigenvalue weighted by Gasteiger charge is -2.04. The smallest absolute Gasteiger partial charge is 0.290 e. The number of hydrogen-bond acceptors (Lipinski definition) is 5. The molecule has 0 radical (unpaired) electrons. The van der Waals surface area contributed by atoms with E-state index in [1.807, 2.05) is 42.5 Å². The number of imide groups is 1. The van der Waals surface area contributed by atoms with Crippen LogP contribution >= 0.6 is 23.1 Å². The maximum absolute atomic E-state index is 12.1. The van der Waals surface area contributed by atoms with Crippen LogP contribution in [-0.4, -0.2) is 23.6 Å². The molecule has 1 fully saturated rings. The molecule has 5 nitrogen and oxygen atoms in total. The number of thiophene rings is 1. The molecule has 150 valence electrons. The zero-order chi connectivity index (χ0) is 20.9. The van der Waals surface area contributed by atoms with E-state index in [-0.39, 0.29) is 17.1 Å². The Morgan fingerprint density at radius 2 is 1.80 bits per heavy atom. The van der Waals surface area contributed by atoms with Crippen molar-refractivity contribution in [1.29, 1.82) is 0 Å². The second kappa shape index (κ2) is 9.11. The second-order valence-corrected chi connectivity index (χ2v) is 8.59. The van der Waals surface area contributed by atoms with Crippen molar-refractivity contribution in [2.75, 3.05) is 6.54 Å². The van der Waals surface area contributed by atoms with Crippen LogP contribution < -0.4 is 10.6 Å². The summed E-state index contributed by atoms with van der Waals surface area (Å²) in [6.45, 7) is 0.578. The van der Waals surface area contributed by atoms with Crippen molar-refractivity contribution in [3.8, 4) is 10.4 Å². The molecule has 0 aliphatic carbocycles. The molecule has 7 heteroatoms. The first-order valence-corrected chi connectivity index (χ1v) is 11.0. The zero-order valence-electron chi connectivity index (χ0n) is 15.9. The van der Waals surface area contributed by atoms with E-state index < -0.39 is 0 Å². The summed E-state index contributed by atoms with van der Waals surface area (Å²) in [6.07, 6.45) is 2.48. The molecule has 4 rings (SSSR count). The Kier molecular flexibility index (Phi) is 6.11. The van der Waals surface area contributed by atoms with E-state index >= 15 is 0 Å². The second-order valence-electron chi connectivity index (χ2n) is 6.67. The molecule has 30 heavy (non-hydrogen) atoms. The van der Waals surface area contributed by atoms with Crippen LogP contribution in [0.4, 0.5) is 4.79 Å². The SMILES string of the molecule is O=C1NC(=O)C(=Cc2ccc(-c3cc(CCNC(=O)c4ccccc4)cs3)cc2)S1. The third-order valence-electron chi connectivity index (χ3n) is 4.52. The van der Waals surface area contributed by atoms with Crippen molar-refractivity contribution in [3.05, 3.63) is 87.6 Å². The predicted molar refractivity (Wildman–Crippen MR) is 121 cm³/mol. The molecule has 1 aliphatic rings. The van der Waals surface area contributed by atoms with Gasteiger partial charge in [-0.05, 0) is 64.5 Å². The molecule has 0 unspecified atom stereocenters. The van der Waals surface area contributed by atoms with Crippen LogP contribution in [0.25, 0.3) is 16.5 Å². The molecular weight excluding hydrogens is 416 g/mol. The van der Waals surface area contributed by atoms with Gasteiger partial charge in [-0.2, -0.15) is 0 Å². The summed E-state index contributed by atoms with van der Waals surface area (Å²) in [6, 6.07) is 19.2. The Hall–Kier alpha value is -3.16. The molecule has 2 heterocycles. The molecule has 0 bridgehead atoms. The highest BCUT2D eigenvalue weighted by Gasteiger charge is 2.24. The lowest BCUT2D eigenvalue weighted by Crippen LogP contribution is -2.25. The van der Waals surface area contributed by atoms with Gasteiger partial charge in [-0.3, -0.25) is 19.7 Å². The highest BCUT2D eigenvalue weighted by Crippen LogP contribution is 2.29. The topological polar surface area (TPSA) is 75.3 Å². The number of thioether (sulfide) groups is 1. The van der Waals surface area contributed by atoms with Crippen LogP contribution in [0, 0.1) is 0 Å². The monoisotopic (exact) mass is 434 g/mol. The van der Waals surface area contributed by atoms with Crippen molar-refractivity contribution in [1.82, 2.24) is 10.6 Å². The molecule has 3 aromatic rings. The van der Waals surface area contributed by atoms with Gasteiger partial charge in [0.25, 0.3) is 17.1 Å².